The monoisotopic (exact) mass is 322 g/mol. The van der Waals surface area contributed by atoms with Gasteiger partial charge in [-0.15, -0.1) is 0 Å². The molecule has 6 heteroatoms. The van der Waals surface area contributed by atoms with E-state index in [1.165, 1.54) is 5.56 Å². The van der Waals surface area contributed by atoms with E-state index in [2.05, 4.69) is 28.4 Å². The lowest BCUT2D eigenvalue weighted by atomic mass is 10.0. The number of ether oxygens (including phenoxy) is 1. The Hall–Kier alpha value is -1.56. The Balaban J connectivity index is 1.89. The quantitative estimate of drug-likeness (QED) is 0.925. The molecule has 0 saturated carbocycles. The van der Waals surface area contributed by atoms with Gasteiger partial charge in [-0.1, -0.05) is 6.92 Å². The fourth-order valence-electron chi connectivity index (χ4n) is 3.05. The molecule has 2 rings (SSSR count). The normalized spacial score (nSPS) is 19.6. The molecule has 1 aromatic rings. The molecule has 1 aliphatic heterocycles. The molecule has 0 aliphatic carbocycles. The zero-order valence-corrected chi connectivity index (χ0v) is 15.1. The van der Waals surface area contributed by atoms with E-state index in [9.17, 15) is 4.79 Å². The van der Waals surface area contributed by atoms with Crippen LogP contribution in [0.2, 0.25) is 0 Å². The summed E-state index contributed by atoms with van der Waals surface area (Å²) in [6.07, 6.45) is 4.82. The zero-order chi connectivity index (χ0) is 17.0. The van der Waals surface area contributed by atoms with E-state index in [4.69, 9.17) is 4.74 Å². The molecule has 0 radical (unpaired) electrons. The van der Waals surface area contributed by atoms with Gasteiger partial charge in [-0.2, -0.15) is 5.10 Å². The minimum Gasteiger partial charge on any atom is -0.444 e. The number of aromatic nitrogens is 2. The van der Waals surface area contributed by atoms with Crippen LogP contribution in [0.5, 0.6) is 0 Å². The highest BCUT2D eigenvalue weighted by atomic mass is 16.6. The highest BCUT2D eigenvalue weighted by molar-refractivity contribution is 5.68. The molecule has 2 heterocycles. The third-order valence-electron chi connectivity index (χ3n) is 3.95. The van der Waals surface area contributed by atoms with Crippen molar-refractivity contribution in [2.24, 2.45) is 7.05 Å². The first kappa shape index (κ1) is 17.8. The van der Waals surface area contributed by atoms with E-state index in [1.807, 2.05) is 32.5 Å². The molecule has 1 aromatic heterocycles. The van der Waals surface area contributed by atoms with Gasteiger partial charge in [0.2, 0.25) is 0 Å². The highest BCUT2D eigenvalue weighted by Crippen LogP contribution is 2.17. The van der Waals surface area contributed by atoms with Crippen LogP contribution >= 0.6 is 0 Å². The van der Waals surface area contributed by atoms with Crippen molar-refractivity contribution in [2.45, 2.75) is 65.1 Å². The third-order valence-corrected chi connectivity index (χ3v) is 3.95. The molecule has 23 heavy (non-hydrogen) atoms. The van der Waals surface area contributed by atoms with Gasteiger partial charge < -0.3 is 10.1 Å². The van der Waals surface area contributed by atoms with Crippen LogP contribution < -0.4 is 5.32 Å². The Morgan fingerprint density at radius 3 is 2.87 bits per heavy atom. The Morgan fingerprint density at radius 1 is 1.48 bits per heavy atom. The maximum absolute atomic E-state index is 11.9. The number of alkyl carbamates (subject to hydrolysis) is 1. The van der Waals surface area contributed by atoms with Crippen LogP contribution in [0, 0.1) is 0 Å². The van der Waals surface area contributed by atoms with Crippen LogP contribution in [0.1, 0.15) is 51.8 Å². The molecular weight excluding hydrogens is 292 g/mol. The summed E-state index contributed by atoms with van der Waals surface area (Å²) in [5.74, 6) is 0. The first-order valence-electron chi connectivity index (χ1n) is 8.50. The number of carbonyl (C=O) groups excluding carboxylic acids is 1. The summed E-state index contributed by atoms with van der Waals surface area (Å²) in [4.78, 5) is 14.3. The zero-order valence-electron chi connectivity index (χ0n) is 15.1. The van der Waals surface area contributed by atoms with Gasteiger partial charge >= 0.3 is 6.09 Å². The first-order chi connectivity index (χ1) is 10.8. The number of hydrogen-bond acceptors (Lipinski definition) is 4. The van der Waals surface area contributed by atoms with Crippen molar-refractivity contribution >= 4 is 6.09 Å². The summed E-state index contributed by atoms with van der Waals surface area (Å²) in [7, 11) is 1.96. The Morgan fingerprint density at radius 2 is 2.22 bits per heavy atom. The smallest absolute Gasteiger partial charge is 0.407 e. The van der Waals surface area contributed by atoms with Crippen LogP contribution in [-0.2, 0) is 24.8 Å². The van der Waals surface area contributed by atoms with Crippen molar-refractivity contribution in [1.29, 1.82) is 0 Å². The van der Waals surface area contributed by atoms with Gasteiger partial charge in [-0.25, -0.2) is 4.79 Å². The maximum Gasteiger partial charge on any atom is 0.407 e. The average molecular weight is 322 g/mol. The first-order valence-corrected chi connectivity index (χ1v) is 8.50. The molecule has 0 spiro atoms. The van der Waals surface area contributed by atoms with Crippen molar-refractivity contribution in [3.63, 3.8) is 0 Å². The molecule has 0 aromatic carbocycles. The summed E-state index contributed by atoms with van der Waals surface area (Å²) < 4.78 is 7.24. The topological polar surface area (TPSA) is 59.4 Å². The van der Waals surface area contributed by atoms with Gasteiger partial charge in [0.1, 0.15) is 5.60 Å². The van der Waals surface area contributed by atoms with Crippen LogP contribution in [0.15, 0.2) is 6.20 Å². The van der Waals surface area contributed by atoms with E-state index in [-0.39, 0.29) is 12.1 Å². The largest absolute Gasteiger partial charge is 0.444 e. The van der Waals surface area contributed by atoms with Gasteiger partial charge in [0, 0.05) is 37.9 Å². The van der Waals surface area contributed by atoms with Crippen molar-refractivity contribution < 1.29 is 9.53 Å². The summed E-state index contributed by atoms with van der Waals surface area (Å²) in [6, 6.07) is 0.153. The highest BCUT2D eigenvalue weighted by Gasteiger charge is 2.24. The summed E-state index contributed by atoms with van der Waals surface area (Å²) in [5, 5.41) is 7.50. The molecule has 1 fully saturated rings. The van der Waals surface area contributed by atoms with E-state index in [1.54, 1.807) is 0 Å². The maximum atomic E-state index is 11.9. The summed E-state index contributed by atoms with van der Waals surface area (Å²) >= 11 is 0. The van der Waals surface area contributed by atoms with E-state index in [0.717, 1.165) is 44.6 Å². The second kappa shape index (κ2) is 7.34. The number of rotatable bonds is 4. The second-order valence-electron chi connectivity index (χ2n) is 7.35. The predicted molar refractivity (Wildman–Crippen MR) is 90.3 cm³/mol. The summed E-state index contributed by atoms with van der Waals surface area (Å²) in [6.45, 7) is 10.6. The second-order valence-corrected chi connectivity index (χ2v) is 7.35. The van der Waals surface area contributed by atoms with Crippen LogP contribution in [0.25, 0.3) is 0 Å². The lowest BCUT2D eigenvalue weighted by molar-refractivity contribution is 0.0470. The van der Waals surface area contributed by atoms with Gasteiger partial charge in [-0.3, -0.25) is 9.58 Å². The SMILES string of the molecule is CCc1nn(C)cc1CN1CCC[C@H](NC(=O)OC(C)(C)C)C1. The van der Waals surface area contributed by atoms with E-state index in [0.29, 0.717) is 0 Å². The van der Waals surface area contributed by atoms with Crippen molar-refractivity contribution in [3.8, 4) is 0 Å². The number of aryl methyl sites for hydroxylation is 2. The minimum absolute atomic E-state index is 0.153. The Labute approximate surface area is 139 Å². The molecule has 6 nitrogen and oxygen atoms in total. The number of likely N-dealkylation sites (tertiary alicyclic amines) is 1. The summed E-state index contributed by atoms with van der Waals surface area (Å²) in [5.41, 5.74) is 1.99. The molecule has 0 bridgehead atoms. The van der Waals surface area contributed by atoms with Crippen molar-refractivity contribution in [2.75, 3.05) is 13.1 Å². The fraction of sp³-hybridized carbons (Fsp3) is 0.765. The number of hydrogen-bond donors (Lipinski definition) is 1. The fourth-order valence-corrected chi connectivity index (χ4v) is 3.05. The number of amides is 1. The molecule has 1 aliphatic rings. The number of nitrogens with zero attached hydrogens (tertiary/aromatic N) is 3. The van der Waals surface area contributed by atoms with Crippen molar-refractivity contribution in [3.05, 3.63) is 17.5 Å². The van der Waals surface area contributed by atoms with E-state index < -0.39 is 5.60 Å². The lowest BCUT2D eigenvalue weighted by Crippen LogP contribution is -2.48. The Bertz CT molecular complexity index is 533. The lowest BCUT2D eigenvalue weighted by Gasteiger charge is -2.33. The Kier molecular flexibility index (Phi) is 5.68. The molecule has 1 saturated heterocycles. The molecular formula is C17H30N4O2. The molecule has 1 amide bonds. The van der Waals surface area contributed by atoms with Gasteiger partial charge in [-0.05, 0) is 46.6 Å². The van der Waals surface area contributed by atoms with Gasteiger partial charge in [0.05, 0.1) is 5.69 Å². The van der Waals surface area contributed by atoms with E-state index >= 15 is 0 Å². The third kappa shape index (κ3) is 5.53. The minimum atomic E-state index is -0.454. The standard InChI is InChI=1S/C17H30N4O2/c1-6-15-13(10-20(5)19-15)11-21-9-7-8-14(12-21)18-16(22)23-17(2,3)4/h10,14H,6-9,11-12H2,1-5H3,(H,18,22)/t14-/m0/s1. The number of nitrogens with one attached hydrogen (secondary N) is 1. The molecule has 0 unspecified atom stereocenters. The molecule has 130 valence electrons. The van der Waals surface area contributed by atoms with Gasteiger partial charge in [0.25, 0.3) is 0 Å². The van der Waals surface area contributed by atoms with Crippen LogP contribution in [-0.4, -0.2) is 45.5 Å². The molecule has 1 atom stereocenters. The number of carbonyl (C=O) groups is 1. The van der Waals surface area contributed by atoms with Crippen LogP contribution in [0.3, 0.4) is 0 Å². The predicted octanol–water partition coefficient (Wildman–Crippen LogP) is 2.47. The average Bonchev–Trinajstić information content (AvgIpc) is 2.76. The van der Waals surface area contributed by atoms with Gasteiger partial charge in [0.15, 0.2) is 0 Å². The number of piperidine rings is 1. The van der Waals surface area contributed by atoms with Crippen LogP contribution in [0.4, 0.5) is 4.79 Å². The molecule has 1 N–H and O–H groups in total. The van der Waals surface area contributed by atoms with Crippen molar-refractivity contribution in [1.82, 2.24) is 20.0 Å².